The Morgan fingerprint density at radius 1 is 1.00 bits per heavy atom. The summed E-state index contributed by atoms with van der Waals surface area (Å²) in [5.74, 6) is 2.16. The summed E-state index contributed by atoms with van der Waals surface area (Å²) in [6, 6.07) is 3.73. The highest BCUT2D eigenvalue weighted by Gasteiger charge is 2.10. The van der Waals surface area contributed by atoms with E-state index < -0.39 is 0 Å². The predicted octanol–water partition coefficient (Wildman–Crippen LogP) is 2.15. The summed E-state index contributed by atoms with van der Waals surface area (Å²) in [5, 5.41) is 3.17. The Morgan fingerprint density at radius 3 is 2.06 bits per heavy atom. The average Bonchev–Trinajstić information content (AvgIpc) is 2.35. The van der Waals surface area contributed by atoms with E-state index in [1.165, 1.54) is 0 Å². The Hall–Kier alpha value is -0.940. The van der Waals surface area contributed by atoms with Gasteiger partial charge < -0.3 is 19.5 Å². The molecule has 1 rings (SSSR count). The molecule has 4 nitrogen and oxygen atoms in total. The Bertz CT molecular complexity index is 344. The molecule has 0 bridgehead atoms. The Kier molecular flexibility index (Phi) is 5.42. The van der Waals surface area contributed by atoms with Crippen LogP contribution < -0.4 is 19.5 Å². The lowest BCUT2D eigenvalue weighted by Gasteiger charge is -2.14. The molecule has 0 aliphatic carbocycles. The van der Waals surface area contributed by atoms with Crippen LogP contribution in [0.2, 0.25) is 0 Å². The lowest BCUT2D eigenvalue weighted by molar-refractivity contribution is 0.347. The fourth-order valence-electron chi connectivity index (χ4n) is 1.41. The monoisotopic (exact) mass is 289 g/mol. The maximum atomic E-state index is 5.29. The van der Waals surface area contributed by atoms with Crippen LogP contribution in [0, 0.1) is 0 Å². The Balaban J connectivity index is 3.05. The van der Waals surface area contributed by atoms with Crippen LogP contribution >= 0.6 is 15.9 Å². The van der Waals surface area contributed by atoms with Crippen LogP contribution in [0.1, 0.15) is 5.56 Å². The summed E-state index contributed by atoms with van der Waals surface area (Å²) < 4.78 is 15.7. The number of hydrogen-bond acceptors (Lipinski definition) is 4. The van der Waals surface area contributed by atoms with Crippen LogP contribution in [0.4, 0.5) is 0 Å². The quantitative estimate of drug-likeness (QED) is 0.644. The molecular weight excluding hydrogens is 274 g/mol. The molecule has 5 heteroatoms. The zero-order valence-electron chi connectivity index (χ0n) is 9.67. The average molecular weight is 290 g/mol. The van der Waals surface area contributed by atoms with Gasteiger partial charge in [0.2, 0.25) is 0 Å². The number of halogens is 1. The number of nitrogens with one attached hydrogen (secondary N) is 1. The van der Waals surface area contributed by atoms with Gasteiger partial charge in [0, 0.05) is 18.2 Å². The third kappa shape index (κ3) is 3.02. The molecule has 1 aromatic carbocycles. The molecule has 0 aliphatic heterocycles. The van der Waals surface area contributed by atoms with Crippen molar-refractivity contribution in [1.29, 1.82) is 0 Å². The smallest absolute Gasteiger partial charge is 0.164 e. The van der Waals surface area contributed by atoms with Crippen molar-refractivity contribution in [2.45, 2.75) is 6.54 Å². The number of benzene rings is 1. The lowest BCUT2D eigenvalue weighted by atomic mass is 10.1. The minimum atomic E-state index is 0.668. The summed E-state index contributed by atoms with van der Waals surface area (Å²) in [5.41, 5.74) is 1.75. The van der Waals surface area contributed by atoms with E-state index in [9.17, 15) is 0 Å². The lowest BCUT2D eigenvalue weighted by Crippen LogP contribution is -2.11. The zero-order chi connectivity index (χ0) is 12.0. The number of hydrogen-bond donors (Lipinski definition) is 1. The highest BCUT2D eigenvalue weighted by molar-refractivity contribution is 9.09. The second kappa shape index (κ2) is 6.60. The van der Waals surface area contributed by atoms with Gasteiger partial charge in [0.1, 0.15) is 5.75 Å². The van der Waals surface area contributed by atoms with Crippen LogP contribution in [-0.2, 0) is 6.54 Å². The van der Waals surface area contributed by atoms with E-state index in [0.29, 0.717) is 18.0 Å². The molecule has 0 radical (unpaired) electrons. The first-order valence-corrected chi connectivity index (χ1v) is 5.94. The van der Waals surface area contributed by atoms with Gasteiger partial charge in [-0.05, 0) is 6.07 Å². The maximum Gasteiger partial charge on any atom is 0.164 e. The van der Waals surface area contributed by atoms with E-state index >= 15 is 0 Å². The van der Waals surface area contributed by atoms with Gasteiger partial charge in [-0.3, -0.25) is 0 Å². The van der Waals surface area contributed by atoms with E-state index in [1.54, 1.807) is 21.3 Å². The highest BCUT2D eigenvalue weighted by Crippen LogP contribution is 2.34. The highest BCUT2D eigenvalue weighted by atomic mass is 79.9. The number of methoxy groups -OCH3 is 3. The van der Waals surface area contributed by atoms with Gasteiger partial charge in [0.25, 0.3) is 0 Å². The SMILES string of the molecule is COc1cc(OC)c(OC)cc1CNCBr. The summed E-state index contributed by atoms with van der Waals surface area (Å²) in [6.45, 7) is 0.703. The molecule has 0 aliphatic rings. The number of rotatable bonds is 6. The van der Waals surface area contributed by atoms with Crippen molar-refractivity contribution < 1.29 is 14.2 Å². The number of alkyl halides is 1. The van der Waals surface area contributed by atoms with Crippen LogP contribution in [0.3, 0.4) is 0 Å². The molecule has 1 N–H and O–H groups in total. The Labute approximate surface area is 104 Å². The molecule has 0 unspecified atom stereocenters. The standard InChI is InChI=1S/C11H16BrNO3/c1-14-9-5-11(16-3)10(15-2)4-8(9)6-13-7-12/h4-5,13H,6-7H2,1-3H3. The normalized spacial score (nSPS) is 10.0. The van der Waals surface area contributed by atoms with E-state index in [2.05, 4.69) is 21.2 Å². The summed E-state index contributed by atoms with van der Waals surface area (Å²) in [6.07, 6.45) is 0. The molecule has 0 saturated heterocycles. The molecule has 0 heterocycles. The first-order valence-electron chi connectivity index (χ1n) is 4.82. The van der Waals surface area contributed by atoms with Gasteiger partial charge in [-0.2, -0.15) is 0 Å². The molecule has 0 aromatic heterocycles. The van der Waals surface area contributed by atoms with Gasteiger partial charge >= 0.3 is 0 Å². The summed E-state index contributed by atoms with van der Waals surface area (Å²) >= 11 is 3.31. The third-order valence-corrected chi connectivity index (χ3v) is 2.59. The van der Waals surface area contributed by atoms with E-state index in [0.717, 1.165) is 16.8 Å². The molecule has 0 atom stereocenters. The van der Waals surface area contributed by atoms with Crippen molar-refractivity contribution in [1.82, 2.24) is 5.32 Å². The zero-order valence-corrected chi connectivity index (χ0v) is 11.3. The van der Waals surface area contributed by atoms with Gasteiger partial charge in [-0.1, -0.05) is 15.9 Å². The van der Waals surface area contributed by atoms with Crippen LogP contribution in [-0.4, -0.2) is 26.8 Å². The minimum Gasteiger partial charge on any atom is -0.496 e. The van der Waals surface area contributed by atoms with Crippen molar-refractivity contribution in [3.63, 3.8) is 0 Å². The largest absolute Gasteiger partial charge is 0.496 e. The molecule has 16 heavy (non-hydrogen) atoms. The van der Waals surface area contributed by atoms with Crippen molar-refractivity contribution in [2.24, 2.45) is 0 Å². The number of ether oxygens (including phenoxy) is 3. The van der Waals surface area contributed by atoms with Gasteiger partial charge in [-0.25, -0.2) is 0 Å². The fraction of sp³-hybridized carbons (Fsp3) is 0.455. The molecule has 0 spiro atoms. The molecule has 0 amide bonds. The third-order valence-electron chi connectivity index (χ3n) is 2.20. The van der Waals surface area contributed by atoms with Gasteiger partial charge in [-0.15, -0.1) is 0 Å². The Morgan fingerprint density at radius 2 is 1.56 bits per heavy atom. The molecule has 90 valence electrons. The molecule has 0 fully saturated rings. The second-order valence-corrected chi connectivity index (χ2v) is 3.64. The van der Waals surface area contributed by atoms with E-state index in [-0.39, 0.29) is 0 Å². The summed E-state index contributed by atoms with van der Waals surface area (Å²) in [4.78, 5) is 0. The fourth-order valence-corrected chi connectivity index (χ4v) is 1.61. The predicted molar refractivity (Wildman–Crippen MR) is 66.7 cm³/mol. The van der Waals surface area contributed by atoms with Crippen molar-refractivity contribution in [2.75, 3.05) is 26.8 Å². The van der Waals surface area contributed by atoms with Crippen molar-refractivity contribution in [3.05, 3.63) is 17.7 Å². The van der Waals surface area contributed by atoms with Crippen LogP contribution in [0.25, 0.3) is 0 Å². The van der Waals surface area contributed by atoms with E-state index in [4.69, 9.17) is 14.2 Å². The van der Waals surface area contributed by atoms with Crippen LogP contribution in [0.5, 0.6) is 17.2 Å². The first-order chi connectivity index (χ1) is 7.76. The minimum absolute atomic E-state index is 0.668. The van der Waals surface area contributed by atoms with Crippen molar-refractivity contribution >= 4 is 15.9 Å². The van der Waals surface area contributed by atoms with Gasteiger partial charge in [0.05, 0.1) is 26.8 Å². The molecule has 1 aromatic rings. The maximum absolute atomic E-state index is 5.29. The molecular formula is C11H16BrNO3. The van der Waals surface area contributed by atoms with Gasteiger partial charge in [0.15, 0.2) is 11.5 Å². The topological polar surface area (TPSA) is 39.7 Å². The first kappa shape index (κ1) is 13.1. The molecule has 0 saturated carbocycles. The van der Waals surface area contributed by atoms with E-state index in [1.807, 2.05) is 12.1 Å². The summed E-state index contributed by atoms with van der Waals surface area (Å²) in [7, 11) is 4.86. The second-order valence-electron chi connectivity index (χ2n) is 3.08. The van der Waals surface area contributed by atoms with Crippen molar-refractivity contribution in [3.8, 4) is 17.2 Å². The van der Waals surface area contributed by atoms with Crippen LogP contribution in [0.15, 0.2) is 12.1 Å².